The summed E-state index contributed by atoms with van der Waals surface area (Å²) in [5.74, 6) is -0.791. The van der Waals surface area contributed by atoms with Crippen molar-refractivity contribution >= 4 is 32.8 Å². The monoisotopic (exact) mass is 326 g/mol. The molecule has 0 spiro atoms. The van der Waals surface area contributed by atoms with E-state index < -0.39 is 12.1 Å². The molecule has 1 aromatic heterocycles. The highest BCUT2D eigenvalue weighted by Gasteiger charge is 2.17. The van der Waals surface area contributed by atoms with E-state index in [2.05, 4.69) is 25.7 Å². The van der Waals surface area contributed by atoms with Crippen LogP contribution in [0, 0.1) is 0 Å². The average molecular weight is 327 g/mol. The molecule has 7 heteroatoms. The van der Waals surface area contributed by atoms with Gasteiger partial charge >= 0.3 is 5.97 Å². The molecule has 1 heterocycles. The second-order valence-corrected chi connectivity index (χ2v) is 4.82. The molecule has 100 valence electrons. The predicted octanol–water partition coefficient (Wildman–Crippen LogP) is 0.693. The number of carbonyl (C=O) groups is 1. The van der Waals surface area contributed by atoms with Gasteiger partial charge in [0, 0.05) is 4.47 Å². The van der Waals surface area contributed by atoms with Crippen LogP contribution < -0.4 is 5.56 Å². The van der Waals surface area contributed by atoms with Crippen molar-refractivity contribution in [3.05, 3.63) is 39.4 Å². The molecule has 0 saturated carbocycles. The normalized spacial score (nSPS) is 12.4. The van der Waals surface area contributed by atoms with E-state index >= 15 is 0 Å². The van der Waals surface area contributed by atoms with Crippen molar-refractivity contribution in [2.45, 2.75) is 12.6 Å². The van der Waals surface area contributed by atoms with Crippen molar-refractivity contribution < 1.29 is 14.6 Å². The number of benzene rings is 1. The largest absolute Gasteiger partial charge is 0.467 e. The van der Waals surface area contributed by atoms with Crippen molar-refractivity contribution in [1.82, 2.24) is 9.55 Å². The zero-order chi connectivity index (χ0) is 14.0. The van der Waals surface area contributed by atoms with E-state index in [1.54, 1.807) is 18.2 Å². The molecule has 1 atom stereocenters. The summed E-state index contributed by atoms with van der Waals surface area (Å²) in [6.45, 7) is -0.193. The fourth-order valence-electron chi connectivity index (χ4n) is 1.66. The molecule has 0 aliphatic carbocycles. The lowest BCUT2D eigenvalue weighted by atomic mass is 10.2. The van der Waals surface area contributed by atoms with E-state index in [0.717, 1.165) is 4.47 Å². The zero-order valence-corrected chi connectivity index (χ0v) is 11.6. The second-order valence-electron chi connectivity index (χ2n) is 3.90. The van der Waals surface area contributed by atoms with Crippen molar-refractivity contribution in [1.29, 1.82) is 0 Å². The van der Waals surface area contributed by atoms with E-state index in [4.69, 9.17) is 0 Å². The van der Waals surface area contributed by atoms with E-state index in [1.165, 1.54) is 18.0 Å². The molecule has 1 unspecified atom stereocenters. The van der Waals surface area contributed by atoms with Crippen LogP contribution in [0.25, 0.3) is 10.9 Å². The predicted molar refractivity (Wildman–Crippen MR) is 71.7 cm³/mol. The SMILES string of the molecule is COC(=O)C(O)Cn1cnc2ccc(Br)cc2c1=O. The summed E-state index contributed by atoms with van der Waals surface area (Å²) in [6, 6.07) is 5.13. The maximum Gasteiger partial charge on any atom is 0.336 e. The highest BCUT2D eigenvalue weighted by Crippen LogP contribution is 2.14. The molecule has 0 aliphatic heterocycles. The summed E-state index contributed by atoms with van der Waals surface area (Å²) < 4.78 is 6.33. The Morgan fingerprint density at radius 2 is 2.32 bits per heavy atom. The van der Waals surface area contributed by atoms with Crippen molar-refractivity contribution in [3.8, 4) is 0 Å². The second kappa shape index (κ2) is 5.50. The number of fused-ring (bicyclic) bond motifs is 1. The van der Waals surface area contributed by atoms with Crippen LogP contribution in [0.5, 0.6) is 0 Å². The first-order valence-electron chi connectivity index (χ1n) is 5.43. The number of ether oxygens (including phenoxy) is 1. The van der Waals surface area contributed by atoms with Gasteiger partial charge in [0.2, 0.25) is 0 Å². The number of carbonyl (C=O) groups excluding carboxylic acids is 1. The number of hydrogen-bond acceptors (Lipinski definition) is 5. The summed E-state index contributed by atoms with van der Waals surface area (Å²) >= 11 is 3.28. The fraction of sp³-hybridized carbons (Fsp3) is 0.250. The summed E-state index contributed by atoms with van der Waals surface area (Å²) in [5, 5.41) is 9.96. The maximum absolute atomic E-state index is 12.2. The van der Waals surface area contributed by atoms with Gasteiger partial charge in [0.05, 0.1) is 30.9 Å². The van der Waals surface area contributed by atoms with Gasteiger partial charge in [-0.25, -0.2) is 9.78 Å². The number of esters is 1. The lowest BCUT2D eigenvalue weighted by molar-refractivity contribution is -0.151. The molecule has 0 aliphatic rings. The minimum atomic E-state index is -1.39. The van der Waals surface area contributed by atoms with Gasteiger partial charge in [-0.1, -0.05) is 15.9 Å². The number of nitrogens with zero attached hydrogens (tertiary/aromatic N) is 2. The Kier molecular flexibility index (Phi) is 3.96. The quantitative estimate of drug-likeness (QED) is 0.839. The molecule has 1 N–H and O–H groups in total. The van der Waals surface area contributed by atoms with Gasteiger partial charge in [0.25, 0.3) is 5.56 Å². The smallest absolute Gasteiger partial charge is 0.336 e. The fourth-order valence-corrected chi connectivity index (χ4v) is 2.02. The number of methoxy groups -OCH3 is 1. The molecule has 0 amide bonds. The first-order valence-corrected chi connectivity index (χ1v) is 6.23. The Morgan fingerprint density at radius 1 is 1.58 bits per heavy atom. The summed E-state index contributed by atoms with van der Waals surface area (Å²) in [7, 11) is 1.17. The van der Waals surface area contributed by atoms with E-state index in [1.807, 2.05) is 0 Å². The lowest BCUT2D eigenvalue weighted by Crippen LogP contribution is -2.32. The number of aliphatic hydroxyl groups excluding tert-OH is 1. The van der Waals surface area contributed by atoms with Crippen LogP contribution in [-0.4, -0.2) is 33.8 Å². The van der Waals surface area contributed by atoms with E-state index in [9.17, 15) is 14.7 Å². The number of aromatic nitrogens is 2. The van der Waals surface area contributed by atoms with Crippen molar-refractivity contribution in [3.63, 3.8) is 0 Å². The third-order valence-electron chi connectivity index (χ3n) is 2.63. The molecule has 0 bridgehead atoms. The molecular weight excluding hydrogens is 316 g/mol. The molecule has 2 rings (SSSR count). The van der Waals surface area contributed by atoms with Gasteiger partial charge < -0.3 is 9.84 Å². The third kappa shape index (κ3) is 2.82. The zero-order valence-electron chi connectivity index (χ0n) is 10.0. The van der Waals surface area contributed by atoms with Gasteiger partial charge in [-0.2, -0.15) is 0 Å². The number of halogens is 1. The molecule has 0 fully saturated rings. The molecule has 0 radical (unpaired) electrons. The van der Waals surface area contributed by atoms with Gasteiger partial charge in [-0.3, -0.25) is 9.36 Å². The molecule has 1 aromatic carbocycles. The number of rotatable bonds is 3. The van der Waals surface area contributed by atoms with Crippen molar-refractivity contribution in [2.75, 3.05) is 7.11 Å². The van der Waals surface area contributed by atoms with Crippen LogP contribution in [0.1, 0.15) is 0 Å². The van der Waals surface area contributed by atoms with E-state index in [-0.39, 0.29) is 12.1 Å². The van der Waals surface area contributed by atoms with Crippen LogP contribution in [0.15, 0.2) is 33.8 Å². The topological polar surface area (TPSA) is 81.4 Å². The molecular formula is C12H11BrN2O4. The highest BCUT2D eigenvalue weighted by atomic mass is 79.9. The van der Waals surface area contributed by atoms with Crippen molar-refractivity contribution in [2.24, 2.45) is 0 Å². The minimum absolute atomic E-state index is 0.193. The Morgan fingerprint density at radius 3 is 3.00 bits per heavy atom. The van der Waals surface area contributed by atoms with Gasteiger partial charge in [-0.05, 0) is 18.2 Å². The van der Waals surface area contributed by atoms with E-state index in [0.29, 0.717) is 10.9 Å². The Bertz CT molecular complexity index is 683. The van der Waals surface area contributed by atoms with Gasteiger partial charge in [-0.15, -0.1) is 0 Å². The molecule has 0 saturated heterocycles. The Hall–Kier alpha value is -1.73. The standard InChI is InChI=1S/C12H11BrN2O4/c1-19-12(18)10(16)5-15-6-14-9-3-2-7(13)4-8(9)11(15)17/h2-4,6,10,16H,5H2,1H3. The van der Waals surface area contributed by atoms with Crippen LogP contribution in [0.2, 0.25) is 0 Å². The first kappa shape index (κ1) is 13.7. The molecule has 2 aromatic rings. The summed E-state index contributed by atoms with van der Waals surface area (Å²) in [6.07, 6.45) is -0.0980. The summed E-state index contributed by atoms with van der Waals surface area (Å²) in [5.41, 5.74) is 0.228. The van der Waals surface area contributed by atoms with Gasteiger partial charge in [0.15, 0.2) is 6.10 Å². The maximum atomic E-state index is 12.2. The van der Waals surface area contributed by atoms with Crippen LogP contribution in [0.3, 0.4) is 0 Å². The first-order chi connectivity index (χ1) is 9.02. The number of hydrogen-bond donors (Lipinski definition) is 1. The summed E-state index contributed by atoms with van der Waals surface area (Å²) in [4.78, 5) is 27.4. The molecule has 6 nitrogen and oxygen atoms in total. The Balaban J connectivity index is 2.43. The highest BCUT2D eigenvalue weighted by molar-refractivity contribution is 9.10. The van der Waals surface area contributed by atoms with Crippen LogP contribution in [0.4, 0.5) is 0 Å². The molecule has 19 heavy (non-hydrogen) atoms. The Labute approximate surface area is 116 Å². The minimum Gasteiger partial charge on any atom is -0.467 e. The lowest BCUT2D eigenvalue weighted by Gasteiger charge is -2.10. The van der Waals surface area contributed by atoms with Gasteiger partial charge in [0.1, 0.15) is 0 Å². The van der Waals surface area contributed by atoms with Crippen LogP contribution in [-0.2, 0) is 16.1 Å². The number of aliphatic hydroxyl groups is 1. The third-order valence-corrected chi connectivity index (χ3v) is 3.12. The van der Waals surface area contributed by atoms with Crippen LogP contribution >= 0.6 is 15.9 Å². The average Bonchev–Trinajstić information content (AvgIpc) is 2.41.